The highest BCUT2D eigenvalue weighted by Gasteiger charge is 2.39. The van der Waals surface area contributed by atoms with Crippen molar-refractivity contribution in [2.75, 3.05) is 44.1 Å². The van der Waals surface area contributed by atoms with Crippen LogP contribution in [0.4, 0.5) is 17.1 Å². The third-order valence-electron chi connectivity index (χ3n) is 4.28. The van der Waals surface area contributed by atoms with E-state index >= 15 is 0 Å². The van der Waals surface area contributed by atoms with E-state index in [0.717, 1.165) is 12.2 Å². The molecule has 2 rings (SSSR count). The number of benzene rings is 1. The quantitative estimate of drug-likeness (QED) is 0.797. The second kappa shape index (κ2) is 4.69. The summed E-state index contributed by atoms with van der Waals surface area (Å²) in [5.74, 6) is 0. The largest absolute Gasteiger partial charge is 0.397 e. The molecule has 4 heteroatoms. The summed E-state index contributed by atoms with van der Waals surface area (Å²) < 4.78 is 0. The molecule has 1 aliphatic carbocycles. The fraction of sp³-hybridized carbons (Fsp3) is 0.571. The van der Waals surface area contributed by atoms with E-state index in [0.29, 0.717) is 16.9 Å². The van der Waals surface area contributed by atoms with Gasteiger partial charge in [-0.05, 0) is 51.6 Å². The zero-order chi connectivity index (χ0) is 13.3. The van der Waals surface area contributed by atoms with Gasteiger partial charge >= 0.3 is 0 Å². The van der Waals surface area contributed by atoms with Crippen molar-refractivity contribution in [1.29, 1.82) is 0 Å². The topological polar surface area (TPSA) is 58.5 Å². The molecule has 0 aromatic heterocycles. The molecule has 0 radical (unpaired) electrons. The van der Waals surface area contributed by atoms with Gasteiger partial charge in [-0.25, -0.2) is 0 Å². The molecule has 0 amide bonds. The molecule has 100 valence electrons. The summed E-state index contributed by atoms with van der Waals surface area (Å²) in [5, 5.41) is 0. The molecule has 4 N–H and O–H groups in total. The minimum Gasteiger partial charge on any atom is -0.397 e. The molecule has 0 aliphatic heterocycles. The van der Waals surface area contributed by atoms with Gasteiger partial charge in [0.1, 0.15) is 0 Å². The molecule has 0 spiro atoms. The lowest BCUT2D eigenvalue weighted by Crippen LogP contribution is -2.56. The molecule has 1 fully saturated rings. The highest BCUT2D eigenvalue weighted by atomic mass is 15.2. The van der Waals surface area contributed by atoms with E-state index in [1.807, 2.05) is 18.2 Å². The summed E-state index contributed by atoms with van der Waals surface area (Å²) in [6, 6.07) is 5.87. The van der Waals surface area contributed by atoms with Crippen LogP contribution in [0.5, 0.6) is 0 Å². The van der Waals surface area contributed by atoms with Gasteiger partial charge in [-0.2, -0.15) is 0 Å². The van der Waals surface area contributed by atoms with E-state index in [-0.39, 0.29) is 0 Å². The van der Waals surface area contributed by atoms with E-state index in [4.69, 9.17) is 11.5 Å². The first-order valence-corrected chi connectivity index (χ1v) is 6.48. The van der Waals surface area contributed by atoms with Gasteiger partial charge in [0.2, 0.25) is 0 Å². The van der Waals surface area contributed by atoms with Crippen LogP contribution in [0.2, 0.25) is 0 Å². The molecule has 4 nitrogen and oxygen atoms in total. The number of rotatable bonds is 4. The molecule has 18 heavy (non-hydrogen) atoms. The van der Waals surface area contributed by atoms with Crippen LogP contribution in [0.25, 0.3) is 0 Å². The molecular formula is C14H24N4. The van der Waals surface area contributed by atoms with Crippen LogP contribution in [0.1, 0.15) is 19.3 Å². The maximum atomic E-state index is 5.87. The predicted molar refractivity (Wildman–Crippen MR) is 78.8 cm³/mol. The third-order valence-corrected chi connectivity index (χ3v) is 4.28. The normalized spacial score (nSPS) is 17.6. The Morgan fingerprint density at radius 1 is 1.11 bits per heavy atom. The number of hydrogen-bond donors (Lipinski definition) is 2. The predicted octanol–water partition coefficient (Wildman–Crippen LogP) is 1.77. The monoisotopic (exact) mass is 248 g/mol. The van der Waals surface area contributed by atoms with Gasteiger partial charge in [0.05, 0.1) is 11.4 Å². The Kier molecular flexibility index (Phi) is 3.39. The summed E-state index contributed by atoms with van der Waals surface area (Å²) in [7, 11) is 6.46. The van der Waals surface area contributed by atoms with Crippen molar-refractivity contribution in [3.8, 4) is 0 Å². The first-order chi connectivity index (χ1) is 8.44. The van der Waals surface area contributed by atoms with Crippen LogP contribution in [0.3, 0.4) is 0 Å². The summed E-state index contributed by atoms with van der Waals surface area (Å²) in [4.78, 5) is 4.63. The molecule has 0 heterocycles. The van der Waals surface area contributed by atoms with E-state index in [1.165, 1.54) is 19.3 Å². The van der Waals surface area contributed by atoms with Gasteiger partial charge in [0.25, 0.3) is 0 Å². The van der Waals surface area contributed by atoms with Gasteiger partial charge < -0.3 is 21.3 Å². The van der Waals surface area contributed by atoms with Crippen molar-refractivity contribution in [3.05, 3.63) is 18.2 Å². The van der Waals surface area contributed by atoms with Crippen molar-refractivity contribution in [2.45, 2.75) is 24.8 Å². The summed E-state index contributed by atoms with van der Waals surface area (Å²) >= 11 is 0. The average molecular weight is 248 g/mol. The third kappa shape index (κ3) is 2.25. The Morgan fingerprint density at radius 3 is 2.22 bits per heavy atom. The van der Waals surface area contributed by atoms with Gasteiger partial charge in [0.15, 0.2) is 0 Å². The van der Waals surface area contributed by atoms with Crippen LogP contribution >= 0.6 is 0 Å². The standard InChI is InChI=1S/C14H24N4/c1-17(2)14(7-4-8-14)10-18(3)11-5-6-12(15)13(16)9-11/h5-6,9H,4,7-8,10,15-16H2,1-3H3. The number of nitrogens with zero attached hydrogens (tertiary/aromatic N) is 2. The Labute approximate surface area is 110 Å². The molecule has 1 aromatic rings. The zero-order valence-corrected chi connectivity index (χ0v) is 11.6. The molecule has 1 aromatic carbocycles. The number of nitrogens with two attached hydrogens (primary N) is 2. The minimum atomic E-state index is 0.324. The maximum absolute atomic E-state index is 5.87. The van der Waals surface area contributed by atoms with Crippen LogP contribution in [-0.2, 0) is 0 Å². The Bertz CT molecular complexity index is 424. The Morgan fingerprint density at radius 2 is 1.78 bits per heavy atom. The second-order valence-corrected chi connectivity index (χ2v) is 5.64. The summed E-state index contributed by atoms with van der Waals surface area (Å²) in [5.41, 5.74) is 14.4. The molecule has 0 bridgehead atoms. The number of nitrogen functional groups attached to an aromatic ring is 2. The van der Waals surface area contributed by atoms with E-state index in [2.05, 4.69) is 30.9 Å². The van der Waals surface area contributed by atoms with Crippen molar-refractivity contribution in [2.24, 2.45) is 0 Å². The van der Waals surface area contributed by atoms with Crippen LogP contribution < -0.4 is 16.4 Å². The van der Waals surface area contributed by atoms with Crippen LogP contribution in [0.15, 0.2) is 18.2 Å². The highest BCUT2D eigenvalue weighted by molar-refractivity contribution is 5.69. The van der Waals surface area contributed by atoms with Crippen molar-refractivity contribution in [1.82, 2.24) is 4.90 Å². The summed E-state index contributed by atoms with van der Waals surface area (Å²) in [6.07, 6.45) is 3.87. The van der Waals surface area contributed by atoms with Gasteiger partial charge in [-0.1, -0.05) is 0 Å². The lowest BCUT2D eigenvalue weighted by atomic mass is 9.75. The van der Waals surface area contributed by atoms with Crippen molar-refractivity contribution in [3.63, 3.8) is 0 Å². The van der Waals surface area contributed by atoms with Gasteiger partial charge in [-0.15, -0.1) is 0 Å². The molecule has 1 aliphatic rings. The Hall–Kier alpha value is -1.42. The fourth-order valence-electron chi connectivity index (χ4n) is 2.66. The average Bonchev–Trinajstić information content (AvgIpc) is 2.26. The zero-order valence-electron chi connectivity index (χ0n) is 11.6. The van der Waals surface area contributed by atoms with Crippen LogP contribution in [0, 0.1) is 0 Å². The van der Waals surface area contributed by atoms with E-state index in [1.54, 1.807) is 0 Å². The molecule has 1 saturated carbocycles. The molecule has 0 atom stereocenters. The first-order valence-electron chi connectivity index (χ1n) is 6.48. The smallest absolute Gasteiger partial charge is 0.0568 e. The van der Waals surface area contributed by atoms with Crippen molar-refractivity contribution < 1.29 is 0 Å². The van der Waals surface area contributed by atoms with Crippen LogP contribution in [-0.4, -0.2) is 38.1 Å². The fourth-order valence-corrected chi connectivity index (χ4v) is 2.66. The molecule has 0 saturated heterocycles. The number of hydrogen-bond acceptors (Lipinski definition) is 4. The highest BCUT2D eigenvalue weighted by Crippen LogP contribution is 2.37. The minimum absolute atomic E-state index is 0.324. The SMILES string of the molecule is CN(CC1(N(C)C)CCC1)c1ccc(N)c(N)c1. The number of anilines is 3. The Balaban J connectivity index is 2.11. The first kappa shape index (κ1) is 13.0. The summed E-state index contributed by atoms with van der Waals surface area (Å²) in [6.45, 7) is 1.03. The number of likely N-dealkylation sites (N-methyl/N-ethyl adjacent to an activating group) is 2. The van der Waals surface area contributed by atoms with E-state index in [9.17, 15) is 0 Å². The molecule has 0 unspecified atom stereocenters. The lowest BCUT2D eigenvalue weighted by Gasteiger charge is -2.49. The lowest BCUT2D eigenvalue weighted by molar-refractivity contribution is 0.0683. The van der Waals surface area contributed by atoms with E-state index < -0.39 is 0 Å². The molecular weight excluding hydrogens is 224 g/mol. The maximum Gasteiger partial charge on any atom is 0.0568 e. The van der Waals surface area contributed by atoms with Gasteiger partial charge in [0, 0.05) is 24.8 Å². The second-order valence-electron chi connectivity index (χ2n) is 5.64. The van der Waals surface area contributed by atoms with Gasteiger partial charge in [-0.3, -0.25) is 0 Å². The van der Waals surface area contributed by atoms with Crippen molar-refractivity contribution >= 4 is 17.1 Å².